The van der Waals surface area contributed by atoms with Gasteiger partial charge in [-0.3, -0.25) is 4.98 Å². The molecule has 202 valence electrons. The van der Waals surface area contributed by atoms with Crippen LogP contribution in [0.1, 0.15) is 36.9 Å². The highest BCUT2D eigenvalue weighted by Crippen LogP contribution is 2.35. The van der Waals surface area contributed by atoms with Crippen molar-refractivity contribution in [3.05, 3.63) is 58.6 Å². The van der Waals surface area contributed by atoms with Crippen molar-refractivity contribution in [1.82, 2.24) is 20.9 Å². The SMILES string of the molecule is COC(=O)NCC(NC(=O)NC1CCCC1)(c1cc(F)cc(OC(F)(F)C(F)F)c1)c1ccc(Cl)cn1. The van der Waals surface area contributed by atoms with Crippen LogP contribution in [0.2, 0.25) is 5.02 Å². The molecule has 1 heterocycles. The minimum Gasteiger partial charge on any atom is -0.453 e. The standard InChI is InChI=1S/C23H24ClF5N4O4/c1-36-21(35)31-12-22(18-7-6-14(24)11-30-18,33-20(34)32-16-4-2-3-5-16)13-8-15(25)10-17(9-13)37-23(28,29)19(26)27/h6-11,16,19H,2-5,12H2,1H3,(H,31,35)(H2,32,33,34). The number of hydrogen-bond acceptors (Lipinski definition) is 5. The van der Waals surface area contributed by atoms with Crippen LogP contribution in [-0.4, -0.2) is 49.3 Å². The van der Waals surface area contributed by atoms with Crippen LogP contribution < -0.4 is 20.7 Å². The predicted octanol–water partition coefficient (Wildman–Crippen LogP) is 4.95. The van der Waals surface area contributed by atoms with E-state index < -0.39 is 48.3 Å². The van der Waals surface area contributed by atoms with E-state index >= 15 is 0 Å². The number of aromatic nitrogens is 1. The number of nitrogens with one attached hydrogen (secondary N) is 3. The Hall–Kier alpha value is -3.35. The van der Waals surface area contributed by atoms with E-state index in [1.54, 1.807) is 0 Å². The molecule has 0 radical (unpaired) electrons. The van der Waals surface area contributed by atoms with Crippen LogP contribution in [0.4, 0.5) is 31.5 Å². The van der Waals surface area contributed by atoms with Crippen LogP contribution in [-0.2, 0) is 10.3 Å². The van der Waals surface area contributed by atoms with Crippen LogP contribution in [0, 0.1) is 5.82 Å². The van der Waals surface area contributed by atoms with Crippen LogP contribution >= 0.6 is 11.6 Å². The number of alkyl carbamates (subject to hydrolysis) is 1. The minimum atomic E-state index is -4.93. The lowest BCUT2D eigenvalue weighted by Gasteiger charge is -2.35. The fourth-order valence-corrected chi connectivity index (χ4v) is 4.09. The molecule has 1 aliphatic carbocycles. The summed E-state index contributed by atoms with van der Waals surface area (Å²) in [7, 11) is 1.08. The van der Waals surface area contributed by atoms with Gasteiger partial charge >= 0.3 is 24.7 Å². The van der Waals surface area contributed by atoms with Crippen LogP contribution in [0.5, 0.6) is 5.75 Å². The van der Waals surface area contributed by atoms with E-state index in [2.05, 4.69) is 30.4 Å². The Labute approximate surface area is 213 Å². The van der Waals surface area contributed by atoms with E-state index in [9.17, 15) is 31.5 Å². The molecule has 0 saturated heterocycles. The highest BCUT2D eigenvalue weighted by Gasteiger charge is 2.45. The number of nitrogens with zero attached hydrogens (tertiary/aromatic N) is 1. The normalized spacial score (nSPS) is 15.7. The van der Waals surface area contributed by atoms with E-state index in [0.29, 0.717) is 6.07 Å². The third kappa shape index (κ3) is 7.12. The number of amides is 3. The van der Waals surface area contributed by atoms with Crippen LogP contribution in [0.25, 0.3) is 0 Å². The maximum Gasteiger partial charge on any atom is 0.461 e. The zero-order chi connectivity index (χ0) is 27.2. The smallest absolute Gasteiger partial charge is 0.453 e. The first kappa shape index (κ1) is 28.2. The quantitative estimate of drug-likeness (QED) is 0.383. The topological polar surface area (TPSA) is 102 Å². The van der Waals surface area contributed by atoms with Crippen molar-refractivity contribution in [2.45, 2.75) is 49.8 Å². The molecule has 3 rings (SSSR count). The second kappa shape index (κ2) is 11.8. The average Bonchev–Trinajstić information content (AvgIpc) is 3.34. The monoisotopic (exact) mass is 550 g/mol. The molecular formula is C23H24ClF5N4O4. The van der Waals surface area contributed by atoms with E-state index in [-0.39, 0.29) is 22.3 Å². The summed E-state index contributed by atoms with van der Waals surface area (Å²) in [5, 5.41) is 8.01. The van der Waals surface area contributed by atoms with Gasteiger partial charge < -0.3 is 25.4 Å². The maximum atomic E-state index is 14.6. The van der Waals surface area contributed by atoms with Gasteiger partial charge in [-0.25, -0.2) is 14.0 Å². The fourth-order valence-electron chi connectivity index (χ4n) is 3.98. The van der Waals surface area contributed by atoms with Crippen LogP contribution in [0.15, 0.2) is 36.5 Å². The molecule has 1 unspecified atom stereocenters. The largest absolute Gasteiger partial charge is 0.461 e. The molecule has 0 bridgehead atoms. The first-order valence-electron chi connectivity index (χ1n) is 11.1. The zero-order valence-electron chi connectivity index (χ0n) is 19.5. The molecule has 3 amide bonds. The van der Waals surface area contributed by atoms with Gasteiger partial charge in [0.25, 0.3) is 0 Å². The van der Waals surface area contributed by atoms with Gasteiger partial charge in [-0.15, -0.1) is 0 Å². The summed E-state index contributed by atoms with van der Waals surface area (Å²) in [5.74, 6) is -2.10. The summed E-state index contributed by atoms with van der Waals surface area (Å²) in [5.41, 5.74) is -2.16. The highest BCUT2D eigenvalue weighted by molar-refractivity contribution is 6.30. The zero-order valence-corrected chi connectivity index (χ0v) is 20.3. The lowest BCUT2D eigenvalue weighted by atomic mass is 9.85. The third-order valence-corrected chi connectivity index (χ3v) is 5.96. The Morgan fingerprint density at radius 3 is 2.49 bits per heavy atom. The van der Waals surface area contributed by atoms with Crippen molar-refractivity contribution in [1.29, 1.82) is 0 Å². The van der Waals surface area contributed by atoms with Crippen molar-refractivity contribution >= 4 is 23.7 Å². The van der Waals surface area contributed by atoms with Crippen molar-refractivity contribution in [2.75, 3.05) is 13.7 Å². The Morgan fingerprint density at radius 1 is 1.19 bits per heavy atom. The molecule has 1 aliphatic rings. The molecule has 0 aliphatic heterocycles. The highest BCUT2D eigenvalue weighted by atomic mass is 35.5. The fraction of sp³-hybridized carbons (Fsp3) is 0.435. The van der Waals surface area contributed by atoms with Crippen molar-refractivity contribution in [2.24, 2.45) is 0 Å². The molecule has 37 heavy (non-hydrogen) atoms. The number of methoxy groups -OCH3 is 1. The van der Waals surface area contributed by atoms with E-state index in [4.69, 9.17) is 11.6 Å². The molecule has 2 aromatic rings. The van der Waals surface area contributed by atoms with Gasteiger partial charge in [-0.1, -0.05) is 24.4 Å². The lowest BCUT2D eigenvalue weighted by molar-refractivity contribution is -0.253. The summed E-state index contributed by atoms with van der Waals surface area (Å²) in [4.78, 5) is 29.2. The van der Waals surface area contributed by atoms with E-state index in [0.717, 1.165) is 44.9 Å². The number of rotatable bonds is 9. The Balaban J connectivity index is 2.13. The third-order valence-electron chi connectivity index (χ3n) is 5.74. The number of urea groups is 1. The maximum absolute atomic E-state index is 14.6. The Kier molecular flexibility index (Phi) is 9.00. The number of benzene rings is 1. The number of hydrogen-bond donors (Lipinski definition) is 3. The lowest BCUT2D eigenvalue weighted by Crippen LogP contribution is -2.57. The number of carbonyl (C=O) groups excluding carboxylic acids is 2. The number of pyridine rings is 1. The minimum absolute atomic E-state index is 0.00652. The molecule has 1 atom stereocenters. The summed E-state index contributed by atoms with van der Waals surface area (Å²) < 4.78 is 76.0. The molecule has 1 fully saturated rings. The predicted molar refractivity (Wildman–Crippen MR) is 122 cm³/mol. The molecule has 1 aromatic heterocycles. The number of carbonyl (C=O) groups is 2. The van der Waals surface area contributed by atoms with Crippen molar-refractivity contribution in [3.63, 3.8) is 0 Å². The van der Waals surface area contributed by atoms with Crippen molar-refractivity contribution < 1.29 is 41.0 Å². The molecule has 1 saturated carbocycles. The average molecular weight is 551 g/mol. The van der Waals surface area contributed by atoms with E-state index in [1.165, 1.54) is 18.3 Å². The van der Waals surface area contributed by atoms with Gasteiger partial charge in [0.05, 0.1) is 24.4 Å². The first-order chi connectivity index (χ1) is 17.4. The van der Waals surface area contributed by atoms with E-state index in [1.807, 2.05) is 0 Å². The molecule has 1 aromatic carbocycles. The van der Waals surface area contributed by atoms with Gasteiger partial charge in [0.2, 0.25) is 0 Å². The summed E-state index contributed by atoms with van der Waals surface area (Å²) in [6.07, 6.45) is -5.59. The number of alkyl halides is 4. The Bertz CT molecular complexity index is 1100. The van der Waals surface area contributed by atoms with Crippen LogP contribution in [0.3, 0.4) is 0 Å². The molecule has 3 N–H and O–H groups in total. The first-order valence-corrected chi connectivity index (χ1v) is 11.5. The van der Waals surface area contributed by atoms with Gasteiger partial charge in [0.15, 0.2) is 0 Å². The van der Waals surface area contributed by atoms with Gasteiger partial charge in [-0.05, 0) is 42.7 Å². The molecule has 8 nitrogen and oxygen atoms in total. The molecular weight excluding hydrogens is 527 g/mol. The summed E-state index contributed by atoms with van der Waals surface area (Å²) >= 11 is 5.94. The van der Waals surface area contributed by atoms with Gasteiger partial charge in [0.1, 0.15) is 17.1 Å². The summed E-state index contributed by atoms with van der Waals surface area (Å²) in [6, 6.07) is 4.04. The number of ether oxygens (including phenoxy) is 2. The molecule has 0 spiro atoms. The van der Waals surface area contributed by atoms with Gasteiger partial charge in [-0.2, -0.15) is 17.6 Å². The van der Waals surface area contributed by atoms with Gasteiger partial charge in [0, 0.05) is 18.3 Å². The number of halogens is 6. The second-order valence-electron chi connectivity index (χ2n) is 8.33. The molecule has 14 heteroatoms. The second-order valence-corrected chi connectivity index (χ2v) is 8.77. The van der Waals surface area contributed by atoms with Crippen molar-refractivity contribution in [3.8, 4) is 5.75 Å². The summed E-state index contributed by atoms with van der Waals surface area (Å²) in [6.45, 7) is -0.513. The Morgan fingerprint density at radius 2 is 1.89 bits per heavy atom.